The first-order valence-electron chi connectivity index (χ1n) is 8.36. The average molecular weight is 376 g/mol. The van der Waals surface area contributed by atoms with Gasteiger partial charge in [-0.25, -0.2) is 8.42 Å². The number of carbonyl (C=O) groups is 1. The smallest absolute Gasteiger partial charge is 0.235 e. The van der Waals surface area contributed by atoms with Crippen molar-refractivity contribution in [1.82, 2.24) is 9.62 Å². The summed E-state index contributed by atoms with van der Waals surface area (Å²) in [6, 6.07) is 16.6. The second-order valence-electron chi connectivity index (χ2n) is 5.83. The SMILES string of the molecule is CCOc1ccccc1CNC(=O)CN(Cc1ccccc1)S(C)(=O)=O. The summed E-state index contributed by atoms with van der Waals surface area (Å²) in [6.07, 6.45) is 1.10. The highest BCUT2D eigenvalue weighted by Crippen LogP contribution is 2.17. The van der Waals surface area contributed by atoms with Crippen molar-refractivity contribution in [3.05, 3.63) is 65.7 Å². The molecular formula is C19H24N2O4S. The van der Waals surface area contributed by atoms with E-state index in [1.54, 1.807) is 0 Å². The number of para-hydroxylation sites is 1. The van der Waals surface area contributed by atoms with E-state index in [9.17, 15) is 13.2 Å². The van der Waals surface area contributed by atoms with Gasteiger partial charge in [-0.05, 0) is 18.6 Å². The first-order chi connectivity index (χ1) is 12.4. The molecule has 2 rings (SSSR count). The largest absolute Gasteiger partial charge is 0.494 e. The molecule has 0 aliphatic heterocycles. The molecular weight excluding hydrogens is 352 g/mol. The standard InChI is InChI=1S/C19H24N2O4S/c1-3-25-18-12-8-7-11-17(18)13-20-19(22)15-21(26(2,23)24)14-16-9-5-4-6-10-16/h4-12H,3,13-15H2,1-2H3,(H,20,22). The first-order valence-corrected chi connectivity index (χ1v) is 10.2. The van der Waals surface area contributed by atoms with E-state index < -0.39 is 10.0 Å². The van der Waals surface area contributed by atoms with Gasteiger partial charge in [0.15, 0.2) is 0 Å². The Bertz CT molecular complexity index is 822. The Balaban J connectivity index is 1.99. The van der Waals surface area contributed by atoms with Gasteiger partial charge in [0, 0.05) is 18.7 Å². The van der Waals surface area contributed by atoms with E-state index in [-0.39, 0.29) is 25.5 Å². The molecule has 0 fully saturated rings. The van der Waals surface area contributed by atoms with Crippen LogP contribution in [0.3, 0.4) is 0 Å². The molecule has 1 amide bonds. The van der Waals surface area contributed by atoms with Gasteiger partial charge in [0.05, 0.1) is 19.4 Å². The molecule has 7 heteroatoms. The van der Waals surface area contributed by atoms with E-state index in [0.29, 0.717) is 12.4 Å². The predicted octanol–water partition coefficient (Wildman–Crippen LogP) is 2.16. The van der Waals surface area contributed by atoms with E-state index in [1.807, 2.05) is 61.5 Å². The van der Waals surface area contributed by atoms with Crippen LogP contribution in [0.15, 0.2) is 54.6 Å². The Hall–Kier alpha value is -2.38. The van der Waals surface area contributed by atoms with Gasteiger partial charge in [0.2, 0.25) is 15.9 Å². The van der Waals surface area contributed by atoms with E-state index in [4.69, 9.17) is 4.74 Å². The number of hydrogen-bond acceptors (Lipinski definition) is 4. The molecule has 0 atom stereocenters. The van der Waals surface area contributed by atoms with Crippen LogP contribution >= 0.6 is 0 Å². The minimum Gasteiger partial charge on any atom is -0.494 e. The van der Waals surface area contributed by atoms with Crippen molar-refractivity contribution < 1.29 is 17.9 Å². The van der Waals surface area contributed by atoms with Crippen molar-refractivity contribution >= 4 is 15.9 Å². The van der Waals surface area contributed by atoms with Crippen LogP contribution in [0.25, 0.3) is 0 Å². The Morgan fingerprint density at radius 2 is 1.73 bits per heavy atom. The molecule has 6 nitrogen and oxygen atoms in total. The van der Waals surface area contributed by atoms with E-state index in [2.05, 4.69) is 5.32 Å². The van der Waals surface area contributed by atoms with Gasteiger partial charge < -0.3 is 10.1 Å². The molecule has 0 spiro atoms. The molecule has 0 saturated carbocycles. The third-order valence-corrected chi connectivity index (χ3v) is 4.94. The summed E-state index contributed by atoms with van der Waals surface area (Å²) >= 11 is 0. The lowest BCUT2D eigenvalue weighted by Crippen LogP contribution is -2.39. The van der Waals surface area contributed by atoms with Crippen LogP contribution in [-0.2, 0) is 27.9 Å². The fourth-order valence-electron chi connectivity index (χ4n) is 2.43. The zero-order chi connectivity index (χ0) is 19.0. The van der Waals surface area contributed by atoms with Crippen LogP contribution in [0.5, 0.6) is 5.75 Å². The molecule has 1 N–H and O–H groups in total. The number of amides is 1. The molecule has 0 radical (unpaired) electrons. The number of nitrogens with one attached hydrogen (secondary N) is 1. The fourth-order valence-corrected chi connectivity index (χ4v) is 3.17. The lowest BCUT2D eigenvalue weighted by molar-refractivity contribution is -0.121. The molecule has 140 valence electrons. The molecule has 0 unspecified atom stereocenters. The van der Waals surface area contributed by atoms with Gasteiger partial charge >= 0.3 is 0 Å². The van der Waals surface area contributed by atoms with E-state index >= 15 is 0 Å². The van der Waals surface area contributed by atoms with Crippen LogP contribution < -0.4 is 10.1 Å². The van der Waals surface area contributed by atoms with Crippen molar-refractivity contribution in [2.24, 2.45) is 0 Å². The van der Waals surface area contributed by atoms with E-state index in [1.165, 1.54) is 0 Å². The maximum atomic E-state index is 12.3. The number of ether oxygens (including phenoxy) is 1. The van der Waals surface area contributed by atoms with Crippen LogP contribution in [-0.4, -0.2) is 38.0 Å². The molecule has 2 aromatic rings. The van der Waals surface area contributed by atoms with Gasteiger partial charge in [-0.2, -0.15) is 4.31 Å². The van der Waals surface area contributed by atoms with Crippen molar-refractivity contribution in [1.29, 1.82) is 0 Å². The molecule has 0 saturated heterocycles. The van der Waals surface area contributed by atoms with Crippen LogP contribution in [0.4, 0.5) is 0 Å². The molecule has 2 aromatic carbocycles. The normalized spacial score (nSPS) is 11.3. The number of rotatable bonds is 9. The summed E-state index contributed by atoms with van der Waals surface area (Å²) < 4.78 is 30.7. The zero-order valence-corrected chi connectivity index (χ0v) is 15.8. The monoisotopic (exact) mass is 376 g/mol. The highest BCUT2D eigenvalue weighted by Gasteiger charge is 2.20. The van der Waals surface area contributed by atoms with Gasteiger partial charge in [0.1, 0.15) is 5.75 Å². The summed E-state index contributed by atoms with van der Waals surface area (Å²) in [5, 5.41) is 2.76. The summed E-state index contributed by atoms with van der Waals surface area (Å²) in [5.74, 6) is 0.345. The number of hydrogen-bond donors (Lipinski definition) is 1. The Morgan fingerprint density at radius 3 is 2.38 bits per heavy atom. The third-order valence-electron chi connectivity index (χ3n) is 3.74. The van der Waals surface area contributed by atoms with Crippen molar-refractivity contribution in [2.75, 3.05) is 19.4 Å². The third kappa shape index (κ3) is 6.16. The molecule has 0 aliphatic carbocycles. The number of nitrogens with zero attached hydrogens (tertiary/aromatic N) is 1. The minimum absolute atomic E-state index is 0.155. The molecule has 0 aromatic heterocycles. The Kier molecular flexibility index (Phi) is 7.17. The number of sulfonamides is 1. The minimum atomic E-state index is -3.51. The van der Waals surface area contributed by atoms with Gasteiger partial charge in [-0.3, -0.25) is 4.79 Å². The van der Waals surface area contributed by atoms with Crippen LogP contribution in [0, 0.1) is 0 Å². The molecule has 0 aliphatic rings. The highest BCUT2D eigenvalue weighted by atomic mass is 32.2. The molecule has 0 bridgehead atoms. The van der Waals surface area contributed by atoms with Crippen molar-refractivity contribution in [3.63, 3.8) is 0 Å². The Labute approximate surface area is 154 Å². The second-order valence-corrected chi connectivity index (χ2v) is 7.82. The quantitative estimate of drug-likeness (QED) is 0.728. The fraction of sp³-hybridized carbons (Fsp3) is 0.316. The zero-order valence-electron chi connectivity index (χ0n) is 15.0. The maximum absolute atomic E-state index is 12.3. The molecule has 26 heavy (non-hydrogen) atoms. The predicted molar refractivity (Wildman–Crippen MR) is 101 cm³/mol. The first kappa shape index (κ1) is 19.9. The summed E-state index contributed by atoms with van der Waals surface area (Å²) in [7, 11) is -3.51. The van der Waals surface area contributed by atoms with Crippen LogP contribution in [0.1, 0.15) is 18.1 Å². The summed E-state index contributed by atoms with van der Waals surface area (Å²) in [5.41, 5.74) is 1.67. The summed E-state index contributed by atoms with van der Waals surface area (Å²) in [4.78, 5) is 12.3. The lowest BCUT2D eigenvalue weighted by atomic mass is 10.2. The second kappa shape index (κ2) is 9.35. The number of carbonyl (C=O) groups excluding carboxylic acids is 1. The van der Waals surface area contributed by atoms with Gasteiger partial charge in [0.25, 0.3) is 0 Å². The number of benzene rings is 2. The Morgan fingerprint density at radius 1 is 1.08 bits per heavy atom. The summed E-state index contributed by atoms with van der Waals surface area (Å²) in [6.45, 7) is 2.62. The lowest BCUT2D eigenvalue weighted by Gasteiger charge is -2.20. The van der Waals surface area contributed by atoms with Crippen molar-refractivity contribution in [3.8, 4) is 5.75 Å². The highest BCUT2D eigenvalue weighted by molar-refractivity contribution is 7.88. The van der Waals surface area contributed by atoms with Gasteiger partial charge in [-0.1, -0.05) is 48.5 Å². The van der Waals surface area contributed by atoms with Crippen LogP contribution in [0.2, 0.25) is 0 Å². The maximum Gasteiger partial charge on any atom is 0.235 e. The van der Waals surface area contributed by atoms with E-state index in [0.717, 1.165) is 21.7 Å². The topological polar surface area (TPSA) is 75.7 Å². The van der Waals surface area contributed by atoms with Gasteiger partial charge in [-0.15, -0.1) is 0 Å². The van der Waals surface area contributed by atoms with Crippen molar-refractivity contribution in [2.45, 2.75) is 20.0 Å². The average Bonchev–Trinajstić information content (AvgIpc) is 2.61. The molecule has 0 heterocycles.